The standard InChI is InChI=1S/C19H19N5O3/c1-12-7-5-6-10-14(12)18(26)21-22-19(27)15-11-16(17(20)25)24(23-15)13-8-3-2-4-9-13/h2-10,16H,11H2,1H3,(H2,20,25)(H,21,26)(H,22,27). The van der Waals surface area contributed by atoms with E-state index >= 15 is 0 Å². The van der Waals surface area contributed by atoms with Crippen LogP contribution in [-0.4, -0.2) is 29.5 Å². The number of hydrogen-bond acceptors (Lipinski definition) is 5. The number of anilines is 1. The van der Waals surface area contributed by atoms with Crippen LogP contribution in [0.25, 0.3) is 0 Å². The minimum Gasteiger partial charge on any atom is -0.368 e. The number of nitrogens with two attached hydrogens (primary N) is 1. The van der Waals surface area contributed by atoms with Gasteiger partial charge in [-0.05, 0) is 30.7 Å². The molecule has 4 N–H and O–H groups in total. The average molecular weight is 365 g/mol. The second-order valence-corrected chi connectivity index (χ2v) is 6.07. The van der Waals surface area contributed by atoms with Crippen LogP contribution in [0.4, 0.5) is 5.69 Å². The van der Waals surface area contributed by atoms with Gasteiger partial charge in [-0.25, -0.2) is 0 Å². The Hall–Kier alpha value is -3.68. The fourth-order valence-corrected chi connectivity index (χ4v) is 2.77. The molecule has 1 atom stereocenters. The lowest BCUT2D eigenvalue weighted by Gasteiger charge is -2.20. The first-order valence-electron chi connectivity index (χ1n) is 8.34. The molecular formula is C19H19N5O3. The second-order valence-electron chi connectivity index (χ2n) is 6.07. The van der Waals surface area contributed by atoms with Gasteiger partial charge in [-0.2, -0.15) is 5.10 Å². The number of para-hydroxylation sites is 1. The smallest absolute Gasteiger partial charge is 0.285 e. The first-order valence-corrected chi connectivity index (χ1v) is 8.34. The predicted molar refractivity (Wildman–Crippen MR) is 101 cm³/mol. The molecular weight excluding hydrogens is 346 g/mol. The summed E-state index contributed by atoms with van der Waals surface area (Å²) in [6.07, 6.45) is 0.0519. The highest BCUT2D eigenvalue weighted by Gasteiger charge is 2.35. The van der Waals surface area contributed by atoms with Crippen molar-refractivity contribution in [3.05, 3.63) is 65.7 Å². The van der Waals surface area contributed by atoms with Crippen molar-refractivity contribution in [3.63, 3.8) is 0 Å². The summed E-state index contributed by atoms with van der Waals surface area (Å²) in [4.78, 5) is 36.3. The van der Waals surface area contributed by atoms with Gasteiger partial charge in [-0.3, -0.25) is 30.2 Å². The number of nitrogens with one attached hydrogen (secondary N) is 2. The van der Waals surface area contributed by atoms with Crippen molar-refractivity contribution in [2.24, 2.45) is 10.8 Å². The van der Waals surface area contributed by atoms with E-state index in [1.54, 1.807) is 49.4 Å². The normalized spacial score (nSPS) is 15.8. The van der Waals surface area contributed by atoms with Crippen LogP contribution < -0.4 is 21.6 Å². The Morgan fingerprint density at radius 2 is 1.63 bits per heavy atom. The first-order chi connectivity index (χ1) is 13.0. The van der Waals surface area contributed by atoms with Gasteiger partial charge in [0.1, 0.15) is 11.8 Å². The van der Waals surface area contributed by atoms with Crippen LogP contribution >= 0.6 is 0 Å². The van der Waals surface area contributed by atoms with Crippen LogP contribution in [0.1, 0.15) is 22.3 Å². The van der Waals surface area contributed by atoms with E-state index in [9.17, 15) is 14.4 Å². The molecule has 0 radical (unpaired) electrons. The van der Waals surface area contributed by atoms with Gasteiger partial charge in [0.05, 0.1) is 5.69 Å². The molecule has 2 aromatic carbocycles. The molecule has 0 aliphatic carbocycles. The largest absolute Gasteiger partial charge is 0.368 e. The van der Waals surface area contributed by atoms with E-state index in [0.717, 1.165) is 5.56 Å². The lowest BCUT2D eigenvalue weighted by atomic mass is 10.1. The number of benzene rings is 2. The lowest BCUT2D eigenvalue weighted by Crippen LogP contribution is -2.45. The molecule has 0 saturated heterocycles. The van der Waals surface area contributed by atoms with Crippen LogP contribution in [0.5, 0.6) is 0 Å². The van der Waals surface area contributed by atoms with Crippen molar-refractivity contribution in [2.75, 3.05) is 5.01 Å². The van der Waals surface area contributed by atoms with Gasteiger partial charge < -0.3 is 5.73 Å². The molecule has 0 aromatic heterocycles. The zero-order valence-electron chi connectivity index (χ0n) is 14.7. The quantitative estimate of drug-likeness (QED) is 0.697. The average Bonchev–Trinajstić information content (AvgIpc) is 3.13. The van der Waals surface area contributed by atoms with E-state index in [1.807, 2.05) is 12.1 Å². The molecule has 1 unspecified atom stereocenters. The van der Waals surface area contributed by atoms with Gasteiger partial charge in [-0.15, -0.1) is 0 Å². The van der Waals surface area contributed by atoms with Crippen molar-refractivity contribution < 1.29 is 14.4 Å². The maximum Gasteiger partial charge on any atom is 0.285 e. The zero-order chi connectivity index (χ0) is 19.4. The summed E-state index contributed by atoms with van der Waals surface area (Å²) < 4.78 is 0. The monoisotopic (exact) mass is 365 g/mol. The number of primary amides is 1. The van der Waals surface area contributed by atoms with Crippen molar-refractivity contribution in [1.82, 2.24) is 10.9 Å². The molecule has 3 amide bonds. The number of hydrazone groups is 1. The number of hydrogen-bond donors (Lipinski definition) is 3. The minimum absolute atomic E-state index is 0.0519. The maximum absolute atomic E-state index is 12.4. The number of rotatable bonds is 4. The molecule has 27 heavy (non-hydrogen) atoms. The van der Waals surface area contributed by atoms with Crippen molar-refractivity contribution in [3.8, 4) is 0 Å². The molecule has 2 aromatic rings. The summed E-state index contributed by atoms with van der Waals surface area (Å²) in [5, 5.41) is 5.63. The second kappa shape index (κ2) is 7.69. The zero-order valence-corrected chi connectivity index (χ0v) is 14.7. The van der Waals surface area contributed by atoms with Crippen LogP contribution in [0.15, 0.2) is 59.7 Å². The van der Waals surface area contributed by atoms with E-state index < -0.39 is 23.8 Å². The summed E-state index contributed by atoms with van der Waals surface area (Å²) in [5.74, 6) is -1.62. The highest BCUT2D eigenvalue weighted by molar-refractivity contribution is 6.40. The molecule has 8 nitrogen and oxygen atoms in total. The lowest BCUT2D eigenvalue weighted by molar-refractivity contribution is -0.119. The van der Waals surface area contributed by atoms with E-state index in [0.29, 0.717) is 11.3 Å². The van der Waals surface area contributed by atoms with E-state index in [1.165, 1.54) is 5.01 Å². The molecule has 0 saturated carbocycles. The van der Waals surface area contributed by atoms with E-state index in [2.05, 4.69) is 16.0 Å². The van der Waals surface area contributed by atoms with Gasteiger partial charge in [0.2, 0.25) is 5.91 Å². The van der Waals surface area contributed by atoms with Gasteiger partial charge in [0.15, 0.2) is 0 Å². The fourth-order valence-electron chi connectivity index (χ4n) is 2.77. The third-order valence-corrected chi connectivity index (χ3v) is 4.20. The summed E-state index contributed by atoms with van der Waals surface area (Å²) in [6.45, 7) is 1.80. The Morgan fingerprint density at radius 3 is 2.30 bits per heavy atom. The summed E-state index contributed by atoms with van der Waals surface area (Å²) in [6, 6.07) is 15.2. The molecule has 0 fully saturated rings. The van der Waals surface area contributed by atoms with Crippen LogP contribution in [0.3, 0.4) is 0 Å². The van der Waals surface area contributed by atoms with E-state index in [-0.39, 0.29) is 12.1 Å². The summed E-state index contributed by atoms with van der Waals surface area (Å²) in [7, 11) is 0. The van der Waals surface area contributed by atoms with Gasteiger partial charge in [0, 0.05) is 12.0 Å². The highest BCUT2D eigenvalue weighted by atomic mass is 16.2. The van der Waals surface area contributed by atoms with Crippen LogP contribution in [0, 0.1) is 6.92 Å². The van der Waals surface area contributed by atoms with Crippen molar-refractivity contribution >= 4 is 29.1 Å². The van der Waals surface area contributed by atoms with E-state index in [4.69, 9.17) is 5.73 Å². The molecule has 0 bridgehead atoms. The number of carbonyl (C=O) groups is 3. The number of hydrazine groups is 1. The molecule has 8 heteroatoms. The minimum atomic E-state index is -0.764. The molecule has 1 heterocycles. The Labute approximate surface area is 156 Å². The topological polar surface area (TPSA) is 117 Å². The highest BCUT2D eigenvalue weighted by Crippen LogP contribution is 2.24. The third-order valence-electron chi connectivity index (χ3n) is 4.20. The molecule has 0 spiro atoms. The fraction of sp³-hybridized carbons (Fsp3) is 0.158. The number of amides is 3. The molecule has 138 valence electrons. The Kier molecular flexibility index (Phi) is 5.16. The number of carbonyl (C=O) groups excluding carboxylic acids is 3. The third kappa shape index (κ3) is 3.95. The predicted octanol–water partition coefficient (Wildman–Crippen LogP) is 0.876. The summed E-state index contributed by atoms with van der Waals surface area (Å²) in [5.41, 5.74) is 12.1. The first kappa shape index (κ1) is 18.1. The Balaban J connectivity index is 1.70. The Morgan fingerprint density at radius 1 is 1.00 bits per heavy atom. The number of aryl methyl sites for hydroxylation is 1. The van der Waals surface area contributed by atoms with Crippen LogP contribution in [-0.2, 0) is 9.59 Å². The van der Waals surface area contributed by atoms with Gasteiger partial charge >= 0.3 is 0 Å². The Bertz CT molecular complexity index is 911. The molecule has 1 aliphatic heterocycles. The summed E-state index contributed by atoms with van der Waals surface area (Å²) >= 11 is 0. The maximum atomic E-state index is 12.4. The van der Waals surface area contributed by atoms with Gasteiger partial charge in [-0.1, -0.05) is 36.4 Å². The van der Waals surface area contributed by atoms with Gasteiger partial charge in [0.25, 0.3) is 11.8 Å². The SMILES string of the molecule is Cc1ccccc1C(=O)NNC(=O)C1=NN(c2ccccc2)C(C(N)=O)C1. The van der Waals surface area contributed by atoms with Crippen molar-refractivity contribution in [2.45, 2.75) is 19.4 Å². The van der Waals surface area contributed by atoms with Crippen LogP contribution in [0.2, 0.25) is 0 Å². The molecule has 3 rings (SSSR count). The number of nitrogens with zero attached hydrogens (tertiary/aromatic N) is 2. The molecule has 1 aliphatic rings. The van der Waals surface area contributed by atoms with Crippen molar-refractivity contribution in [1.29, 1.82) is 0 Å².